The van der Waals surface area contributed by atoms with Crippen LogP contribution in [0.25, 0.3) is 16.6 Å². The number of aromatic nitrogens is 2. The molecular formula is C18H15N3O. The number of aromatic amines is 1. The van der Waals surface area contributed by atoms with Gasteiger partial charge in [0.15, 0.2) is 0 Å². The summed E-state index contributed by atoms with van der Waals surface area (Å²) in [5.74, 6) is -0.0533. The minimum atomic E-state index is -0.0533. The van der Waals surface area contributed by atoms with Crippen LogP contribution in [0.2, 0.25) is 0 Å². The minimum absolute atomic E-state index is 0.0533. The number of rotatable bonds is 1. The van der Waals surface area contributed by atoms with Gasteiger partial charge in [-0.3, -0.25) is 9.78 Å². The van der Waals surface area contributed by atoms with Gasteiger partial charge in [-0.15, -0.1) is 0 Å². The van der Waals surface area contributed by atoms with Crippen molar-refractivity contribution < 1.29 is 4.79 Å². The highest BCUT2D eigenvalue weighted by Crippen LogP contribution is 2.33. The first-order chi connectivity index (χ1) is 10.8. The normalized spacial score (nSPS) is 14.2. The van der Waals surface area contributed by atoms with E-state index in [0.717, 1.165) is 23.3 Å². The third kappa shape index (κ3) is 1.84. The van der Waals surface area contributed by atoms with Crippen LogP contribution in [0.1, 0.15) is 21.6 Å². The van der Waals surface area contributed by atoms with Crippen molar-refractivity contribution in [3.8, 4) is 0 Å². The van der Waals surface area contributed by atoms with Gasteiger partial charge in [-0.1, -0.05) is 24.8 Å². The lowest BCUT2D eigenvalue weighted by Crippen LogP contribution is -2.34. The van der Waals surface area contributed by atoms with Gasteiger partial charge in [0.05, 0.1) is 17.0 Å². The van der Waals surface area contributed by atoms with E-state index in [-0.39, 0.29) is 5.91 Å². The van der Waals surface area contributed by atoms with Crippen molar-refractivity contribution in [1.82, 2.24) is 14.9 Å². The Kier molecular flexibility index (Phi) is 2.82. The van der Waals surface area contributed by atoms with E-state index < -0.39 is 0 Å². The summed E-state index contributed by atoms with van der Waals surface area (Å²) in [6, 6.07) is 11.8. The average Bonchev–Trinajstić information content (AvgIpc) is 2.95. The van der Waals surface area contributed by atoms with Gasteiger partial charge in [0.25, 0.3) is 5.91 Å². The molecular weight excluding hydrogens is 274 g/mol. The number of nitrogens with zero attached hydrogens (tertiary/aromatic N) is 2. The second-order valence-electron chi connectivity index (χ2n) is 5.42. The third-order valence-corrected chi connectivity index (χ3v) is 4.17. The van der Waals surface area contributed by atoms with Crippen LogP contribution >= 0.6 is 0 Å². The summed E-state index contributed by atoms with van der Waals surface area (Å²) in [7, 11) is 0. The Morgan fingerprint density at radius 2 is 2.09 bits per heavy atom. The molecule has 0 fully saturated rings. The smallest absolute Gasteiger partial charge is 0.259 e. The summed E-state index contributed by atoms with van der Waals surface area (Å²) in [6.07, 6.45) is 4.08. The van der Waals surface area contributed by atoms with Crippen LogP contribution in [0.3, 0.4) is 0 Å². The van der Waals surface area contributed by atoms with E-state index in [1.807, 2.05) is 18.2 Å². The number of H-pyrrole nitrogens is 1. The summed E-state index contributed by atoms with van der Waals surface area (Å²) in [6.45, 7) is 4.77. The van der Waals surface area contributed by atoms with E-state index >= 15 is 0 Å². The van der Waals surface area contributed by atoms with Crippen LogP contribution in [0, 0.1) is 0 Å². The Morgan fingerprint density at radius 1 is 1.23 bits per heavy atom. The number of hydrogen-bond donors (Lipinski definition) is 1. The van der Waals surface area contributed by atoms with E-state index in [9.17, 15) is 4.79 Å². The summed E-state index contributed by atoms with van der Waals surface area (Å²) < 4.78 is 0. The van der Waals surface area contributed by atoms with E-state index in [4.69, 9.17) is 0 Å². The number of amides is 1. The number of carbonyl (C=O) groups excluding carboxylic acids is 1. The number of nitrogens with one attached hydrogen (secondary N) is 1. The molecule has 3 heterocycles. The van der Waals surface area contributed by atoms with Gasteiger partial charge in [-0.05, 0) is 30.2 Å². The molecule has 4 rings (SSSR count). The molecule has 108 valence electrons. The second-order valence-corrected chi connectivity index (χ2v) is 5.42. The Morgan fingerprint density at radius 3 is 2.91 bits per heavy atom. The minimum Gasteiger partial charge on any atom is -0.353 e. The molecule has 0 saturated heterocycles. The van der Waals surface area contributed by atoms with Crippen molar-refractivity contribution >= 4 is 22.5 Å². The molecule has 1 aromatic carbocycles. The average molecular weight is 289 g/mol. The standard InChI is InChI=1S/C18H15N3O/c1-12-17-15(14-6-2-3-7-16(14)20-17)8-10-21(12)18(22)13-5-4-9-19-11-13/h2-7,9,11,20H,1,8,10H2. The number of benzene rings is 1. The number of para-hydroxylation sites is 1. The topological polar surface area (TPSA) is 49.0 Å². The Labute approximate surface area is 128 Å². The fraction of sp³-hybridized carbons (Fsp3) is 0.111. The zero-order valence-corrected chi connectivity index (χ0v) is 12.0. The van der Waals surface area contributed by atoms with Crippen molar-refractivity contribution in [3.63, 3.8) is 0 Å². The molecule has 4 heteroatoms. The fourth-order valence-corrected chi connectivity index (χ4v) is 3.07. The van der Waals surface area contributed by atoms with Crippen LogP contribution in [0.4, 0.5) is 0 Å². The highest BCUT2D eigenvalue weighted by atomic mass is 16.2. The summed E-state index contributed by atoms with van der Waals surface area (Å²) in [5, 5.41) is 1.21. The molecule has 0 radical (unpaired) electrons. The summed E-state index contributed by atoms with van der Waals surface area (Å²) >= 11 is 0. The number of pyridine rings is 1. The molecule has 2 aromatic heterocycles. The molecule has 0 bridgehead atoms. The third-order valence-electron chi connectivity index (χ3n) is 4.17. The monoisotopic (exact) mass is 289 g/mol. The number of hydrogen-bond acceptors (Lipinski definition) is 2. The van der Waals surface area contributed by atoms with Gasteiger partial charge < -0.3 is 9.88 Å². The SMILES string of the molecule is C=C1c2[nH]c3ccccc3c2CCN1C(=O)c1cccnc1. The zero-order valence-electron chi connectivity index (χ0n) is 12.0. The van der Waals surface area contributed by atoms with Crippen molar-refractivity contribution in [1.29, 1.82) is 0 Å². The van der Waals surface area contributed by atoms with Gasteiger partial charge in [0.1, 0.15) is 0 Å². The Hall–Kier alpha value is -2.88. The lowest BCUT2D eigenvalue weighted by atomic mass is 10.0. The lowest BCUT2D eigenvalue weighted by molar-refractivity contribution is 0.0833. The van der Waals surface area contributed by atoms with E-state index in [2.05, 4.69) is 22.6 Å². The van der Waals surface area contributed by atoms with Crippen LogP contribution in [-0.2, 0) is 6.42 Å². The maximum absolute atomic E-state index is 12.6. The highest BCUT2D eigenvalue weighted by Gasteiger charge is 2.28. The van der Waals surface area contributed by atoms with Gasteiger partial charge in [0, 0.05) is 29.8 Å². The molecule has 3 aromatic rings. The number of carbonyl (C=O) groups is 1. The van der Waals surface area contributed by atoms with Crippen molar-refractivity contribution in [2.45, 2.75) is 6.42 Å². The van der Waals surface area contributed by atoms with Gasteiger partial charge in [0.2, 0.25) is 0 Å². The zero-order chi connectivity index (χ0) is 15.1. The molecule has 22 heavy (non-hydrogen) atoms. The first-order valence-corrected chi connectivity index (χ1v) is 7.26. The van der Waals surface area contributed by atoms with Gasteiger partial charge in [-0.25, -0.2) is 0 Å². The van der Waals surface area contributed by atoms with Crippen molar-refractivity contribution in [3.05, 3.63) is 72.2 Å². The fourth-order valence-electron chi connectivity index (χ4n) is 3.07. The van der Waals surface area contributed by atoms with Crippen LogP contribution < -0.4 is 0 Å². The second kappa shape index (κ2) is 4.84. The van der Waals surface area contributed by atoms with Gasteiger partial charge >= 0.3 is 0 Å². The molecule has 1 amide bonds. The predicted octanol–water partition coefficient (Wildman–Crippen LogP) is 3.23. The van der Waals surface area contributed by atoms with E-state index in [0.29, 0.717) is 12.1 Å². The number of fused-ring (bicyclic) bond motifs is 3. The molecule has 1 aliphatic heterocycles. The molecule has 0 spiro atoms. The summed E-state index contributed by atoms with van der Waals surface area (Å²) in [4.78, 5) is 21.8. The Balaban J connectivity index is 1.75. The lowest BCUT2D eigenvalue weighted by Gasteiger charge is -2.29. The maximum atomic E-state index is 12.6. The maximum Gasteiger partial charge on any atom is 0.259 e. The van der Waals surface area contributed by atoms with Crippen LogP contribution in [-0.4, -0.2) is 27.3 Å². The quantitative estimate of drug-likeness (QED) is 0.747. The van der Waals surface area contributed by atoms with E-state index in [1.165, 1.54) is 10.9 Å². The first-order valence-electron chi connectivity index (χ1n) is 7.26. The van der Waals surface area contributed by atoms with Gasteiger partial charge in [-0.2, -0.15) is 0 Å². The molecule has 0 saturated carbocycles. The van der Waals surface area contributed by atoms with E-state index in [1.54, 1.807) is 29.4 Å². The van der Waals surface area contributed by atoms with Crippen LogP contribution in [0.5, 0.6) is 0 Å². The molecule has 4 nitrogen and oxygen atoms in total. The molecule has 0 aliphatic carbocycles. The molecule has 0 atom stereocenters. The van der Waals surface area contributed by atoms with Crippen LogP contribution in [0.15, 0.2) is 55.4 Å². The predicted molar refractivity (Wildman–Crippen MR) is 86.3 cm³/mol. The van der Waals surface area contributed by atoms with Crippen molar-refractivity contribution in [2.24, 2.45) is 0 Å². The molecule has 1 aliphatic rings. The summed E-state index contributed by atoms with van der Waals surface area (Å²) in [5.41, 5.74) is 4.61. The largest absolute Gasteiger partial charge is 0.353 e. The Bertz CT molecular complexity index is 880. The molecule has 0 unspecified atom stereocenters. The van der Waals surface area contributed by atoms with Crippen molar-refractivity contribution in [2.75, 3.05) is 6.54 Å². The molecule has 1 N–H and O–H groups in total. The highest BCUT2D eigenvalue weighted by molar-refractivity contribution is 6.01. The first kappa shape index (κ1) is 12.8.